The lowest BCUT2D eigenvalue weighted by atomic mass is 9.92. The first-order chi connectivity index (χ1) is 10.7. The number of carbonyl (C=O) groups is 1. The van der Waals surface area contributed by atoms with Crippen LogP contribution < -0.4 is 10.6 Å². The molecular formula is C17H33N3O2. The van der Waals surface area contributed by atoms with Gasteiger partial charge in [-0.15, -0.1) is 0 Å². The second-order valence-corrected chi connectivity index (χ2v) is 6.78. The number of piperidine rings is 2. The Morgan fingerprint density at radius 3 is 2.95 bits per heavy atom. The van der Waals surface area contributed by atoms with Crippen molar-refractivity contribution in [2.45, 2.75) is 45.6 Å². The third-order valence-corrected chi connectivity index (χ3v) is 4.95. The first kappa shape index (κ1) is 17.7. The molecule has 2 N–H and O–H groups in total. The molecule has 0 spiro atoms. The minimum atomic E-state index is 0.171. The summed E-state index contributed by atoms with van der Waals surface area (Å²) in [6.07, 6.45) is 4.32. The predicted molar refractivity (Wildman–Crippen MR) is 88.9 cm³/mol. The zero-order valence-electron chi connectivity index (χ0n) is 14.3. The standard InChI is InChI=1S/C17H33N3O2/c1-3-22-11-5-9-20-10-7-16(14(2)13-20)19-17(21)15-6-4-8-18-12-15/h14-16,18H,3-13H2,1-2H3,(H,19,21). The van der Waals surface area contributed by atoms with Crippen molar-refractivity contribution in [2.24, 2.45) is 11.8 Å². The van der Waals surface area contributed by atoms with E-state index >= 15 is 0 Å². The van der Waals surface area contributed by atoms with Crippen LogP contribution in [0.5, 0.6) is 0 Å². The molecule has 3 unspecified atom stereocenters. The molecule has 0 aromatic carbocycles. The van der Waals surface area contributed by atoms with Crippen LogP contribution in [0.3, 0.4) is 0 Å². The first-order valence-corrected chi connectivity index (χ1v) is 9.02. The number of amides is 1. The zero-order valence-corrected chi connectivity index (χ0v) is 14.3. The molecule has 2 rings (SSSR count). The number of nitrogens with zero attached hydrogens (tertiary/aromatic N) is 1. The third-order valence-electron chi connectivity index (χ3n) is 4.95. The van der Waals surface area contributed by atoms with Crippen molar-refractivity contribution in [3.8, 4) is 0 Å². The summed E-state index contributed by atoms with van der Waals surface area (Å²) in [4.78, 5) is 14.9. The van der Waals surface area contributed by atoms with Gasteiger partial charge in [-0.1, -0.05) is 6.92 Å². The highest BCUT2D eigenvalue weighted by Gasteiger charge is 2.29. The van der Waals surface area contributed by atoms with Gasteiger partial charge in [0.05, 0.1) is 5.92 Å². The average Bonchev–Trinajstić information content (AvgIpc) is 2.55. The van der Waals surface area contributed by atoms with Crippen LogP contribution in [0, 0.1) is 11.8 Å². The monoisotopic (exact) mass is 311 g/mol. The summed E-state index contributed by atoms with van der Waals surface area (Å²) in [6, 6.07) is 0.345. The van der Waals surface area contributed by atoms with Gasteiger partial charge in [0.15, 0.2) is 0 Å². The minimum absolute atomic E-state index is 0.171. The zero-order chi connectivity index (χ0) is 15.8. The average molecular weight is 311 g/mol. The molecule has 0 saturated carbocycles. The van der Waals surface area contributed by atoms with Crippen molar-refractivity contribution < 1.29 is 9.53 Å². The molecule has 2 aliphatic heterocycles. The lowest BCUT2D eigenvalue weighted by Crippen LogP contribution is -2.52. The van der Waals surface area contributed by atoms with E-state index in [-0.39, 0.29) is 11.8 Å². The summed E-state index contributed by atoms with van der Waals surface area (Å²) >= 11 is 0. The largest absolute Gasteiger partial charge is 0.382 e. The predicted octanol–water partition coefficient (Wildman–Crippen LogP) is 1.24. The maximum absolute atomic E-state index is 12.4. The Hall–Kier alpha value is -0.650. The number of hydrogen-bond acceptors (Lipinski definition) is 4. The highest BCUT2D eigenvalue weighted by Crippen LogP contribution is 2.18. The van der Waals surface area contributed by atoms with E-state index < -0.39 is 0 Å². The molecule has 2 heterocycles. The smallest absolute Gasteiger partial charge is 0.224 e. The maximum atomic E-state index is 12.4. The van der Waals surface area contributed by atoms with Gasteiger partial charge in [-0.3, -0.25) is 4.79 Å². The van der Waals surface area contributed by atoms with Crippen LogP contribution in [0.1, 0.15) is 39.5 Å². The topological polar surface area (TPSA) is 53.6 Å². The molecule has 5 nitrogen and oxygen atoms in total. The van der Waals surface area contributed by atoms with Crippen LogP contribution in [0.4, 0.5) is 0 Å². The molecule has 128 valence electrons. The fourth-order valence-electron chi connectivity index (χ4n) is 3.56. The molecule has 22 heavy (non-hydrogen) atoms. The van der Waals surface area contributed by atoms with Crippen molar-refractivity contribution >= 4 is 5.91 Å². The van der Waals surface area contributed by atoms with E-state index in [1.807, 2.05) is 6.92 Å². The van der Waals surface area contributed by atoms with E-state index in [9.17, 15) is 4.79 Å². The van der Waals surface area contributed by atoms with Crippen LogP contribution in [0.25, 0.3) is 0 Å². The molecule has 3 atom stereocenters. The van der Waals surface area contributed by atoms with E-state index in [1.54, 1.807) is 0 Å². The summed E-state index contributed by atoms with van der Waals surface area (Å²) in [7, 11) is 0. The lowest BCUT2D eigenvalue weighted by molar-refractivity contribution is -0.127. The molecule has 0 bridgehead atoms. The molecule has 0 aromatic heterocycles. The summed E-state index contributed by atoms with van der Waals surface area (Å²) in [6.45, 7) is 11.1. The van der Waals surface area contributed by atoms with Crippen LogP contribution in [0.2, 0.25) is 0 Å². The molecule has 1 amide bonds. The van der Waals surface area contributed by atoms with Crippen molar-refractivity contribution in [2.75, 3.05) is 45.9 Å². The fraction of sp³-hybridized carbons (Fsp3) is 0.941. The molecule has 5 heteroatoms. The Bertz CT molecular complexity index is 332. The summed E-state index contributed by atoms with van der Waals surface area (Å²) in [5, 5.41) is 6.63. The lowest BCUT2D eigenvalue weighted by Gasteiger charge is -2.38. The first-order valence-electron chi connectivity index (χ1n) is 9.02. The maximum Gasteiger partial charge on any atom is 0.224 e. The highest BCUT2D eigenvalue weighted by atomic mass is 16.5. The van der Waals surface area contributed by atoms with Gasteiger partial charge < -0.3 is 20.3 Å². The molecule has 2 saturated heterocycles. The number of hydrogen-bond donors (Lipinski definition) is 2. The second-order valence-electron chi connectivity index (χ2n) is 6.78. The number of likely N-dealkylation sites (tertiary alicyclic amines) is 1. The minimum Gasteiger partial charge on any atom is -0.382 e. The van der Waals surface area contributed by atoms with Gasteiger partial charge in [0.2, 0.25) is 5.91 Å². The van der Waals surface area contributed by atoms with Gasteiger partial charge in [0.1, 0.15) is 0 Å². The van der Waals surface area contributed by atoms with Crippen molar-refractivity contribution in [3.05, 3.63) is 0 Å². The molecular weight excluding hydrogens is 278 g/mol. The van der Waals surface area contributed by atoms with E-state index in [0.717, 1.165) is 71.6 Å². The summed E-state index contributed by atoms with van der Waals surface area (Å²) in [5.41, 5.74) is 0. The van der Waals surface area contributed by atoms with E-state index in [1.165, 1.54) is 0 Å². The van der Waals surface area contributed by atoms with Gasteiger partial charge in [0, 0.05) is 45.4 Å². The Balaban J connectivity index is 1.67. The quantitative estimate of drug-likeness (QED) is 0.695. The Morgan fingerprint density at radius 1 is 1.41 bits per heavy atom. The molecule has 0 aromatic rings. The Kier molecular flexibility index (Phi) is 7.63. The molecule has 2 aliphatic rings. The van der Waals surface area contributed by atoms with Gasteiger partial charge in [-0.05, 0) is 45.1 Å². The third kappa shape index (κ3) is 5.52. The van der Waals surface area contributed by atoms with Crippen LogP contribution in [0.15, 0.2) is 0 Å². The van der Waals surface area contributed by atoms with Crippen molar-refractivity contribution in [3.63, 3.8) is 0 Å². The van der Waals surface area contributed by atoms with Gasteiger partial charge in [-0.2, -0.15) is 0 Å². The SMILES string of the molecule is CCOCCCN1CCC(NC(=O)C2CCCNC2)C(C)C1. The van der Waals surface area contributed by atoms with E-state index in [4.69, 9.17) is 4.74 Å². The molecule has 0 radical (unpaired) electrons. The number of ether oxygens (including phenoxy) is 1. The van der Waals surface area contributed by atoms with Crippen LogP contribution in [-0.4, -0.2) is 62.8 Å². The van der Waals surface area contributed by atoms with Crippen LogP contribution in [-0.2, 0) is 9.53 Å². The molecule has 0 aliphatic carbocycles. The van der Waals surface area contributed by atoms with Gasteiger partial charge in [-0.25, -0.2) is 0 Å². The second kappa shape index (κ2) is 9.48. The summed E-state index contributed by atoms with van der Waals surface area (Å²) in [5.74, 6) is 0.959. The Labute approximate surface area is 135 Å². The van der Waals surface area contributed by atoms with Crippen LogP contribution >= 0.6 is 0 Å². The molecule has 2 fully saturated rings. The van der Waals surface area contributed by atoms with Gasteiger partial charge in [0.25, 0.3) is 0 Å². The number of nitrogens with one attached hydrogen (secondary N) is 2. The number of rotatable bonds is 7. The van der Waals surface area contributed by atoms with E-state index in [2.05, 4.69) is 22.5 Å². The van der Waals surface area contributed by atoms with Crippen molar-refractivity contribution in [1.82, 2.24) is 15.5 Å². The van der Waals surface area contributed by atoms with E-state index in [0.29, 0.717) is 12.0 Å². The number of carbonyl (C=O) groups excluding carboxylic acids is 1. The van der Waals surface area contributed by atoms with Crippen molar-refractivity contribution in [1.29, 1.82) is 0 Å². The highest BCUT2D eigenvalue weighted by molar-refractivity contribution is 5.79. The van der Waals surface area contributed by atoms with Gasteiger partial charge >= 0.3 is 0 Å². The summed E-state index contributed by atoms with van der Waals surface area (Å²) < 4.78 is 5.40. The fourth-order valence-corrected chi connectivity index (χ4v) is 3.56. The normalized spacial score (nSPS) is 30.2. The Morgan fingerprint density at radius 2 is 2.27 bits per heavy atom.